The Labute approximate surface area is 191 Å². The summed E-state index contributed by atoms with van der Waals surface area (Å²) in [6.07, 6.45) is 1.17. The molecule has 2 unspecified atom stereocenters. The number of nitrogens with zero attached hydrogens (tertiary/aromatic N) is 1. The van der Waals surface area contributed by atoms with Gasteiger partial charge in [-0.15, -0.1) is 0 Å². The van der Waals surface area contributed by atoms with Gasteiger partial charge in [0, 0.05) is 40.6 Å². The maximum Gasteiger partial charge on any atom is 0.255 e. The van der Waals surface area contributed by atoms with Gasteiger partial charge in [-0.05, 0) is 49.9 Å². The number of nitrogens with one attached hydrogen (secondary N) is 2. The van der Waals surface area contributed by atoms with Crippen molar-refractivity contribution < 1.29 is 9.59 Å². The van der Waals surface area contributed by atoms with E-state index in [1.807, 2.05) is 32.0 Å². The molecule has 0 saturated heterocycles. The molecular formula is C24H23Cl2N3O2. The van der Waals surface area contributed by atoms with E-state index in [-0.39, 0.29) is 17.6 Å². The summed E-state index contributed by atoms with van der Waals surface area (Å²) in [5.41, 5.74) is 4.01. The molecule has 1 aliphatic heterocycles. The second-order valence-corrected chi connectivity index (χ2v) is 8.97. The minimum atomic E-state index is -0.604. The summed E-state index contributed by atoms with van der Waals surface area (Å²) >= 11 is 12.9. The summed E-state index contributed by atoms with van der Waals surface area (Å²) in [5, 5.41) is 6.93. The molecule has 2 heterocycles. The summed E-state index contributed by atoms with van der Waals surface area (Å²) < 4.78 is 0. The molecule has 0 bridgehead atoms. The van der Waals surface area contributed by atoms with E-state index in [4.69, 9.17) is 23.2 Å². The third-order valence-electron chi connectivity index (χ3n) is 5.70. The van der Waals surface area contributed by atoms with Crippen LogP contribution in [-0.2, 0) is 9.59 Å². The molecule has 1 aromatic carbocycles. The molecule has 0 spiro atoms. The Kier molecular flexibility index (Phi) is 5.91. The van der Waals surface area contributed by atoms with Crippen molar-refractivity contribution >= 4 is 40.7 Å². The minimum Gasteiger partial charge on any atom is -0.362 e. The lowest BCUT2D eigenvalue weighted by Gasteiger charge is -2.36. The van der Waals surface area contributed by atoms with Crippen LogP contribution >= 0.6 is 23.2 Å². The van der Waals surface area contributed by atoms with Crippen molar-refractivity contribution in [2.75, 3.05) is 5.32 Å². The number of benzene rings is 1. The summed E-state index contributed by atoms with van der Waals surface area (Å²) in [5.74, 6) is -0.235. The predicted octanol–water partition coefficient (Wildman–Crippen LogP) is 5.55. The van der Waals surface area contributed by atoms with Crippen LogP contribution in [0.3, 0.4) is 0 Å². The Morgan fingerprint density at radius 1 is 1.13 bits per heavy atom. The zero-order valence-electron chi connectivity index (χ0n) is 17.6. The van der Waals surface area contributed by atoms with Crippen LogP contribution in [0, 0.1) is 12.8 Å². The van der Waals surface area contributed by atoms with Gasteiger partial charge in [0.05, 0.1) is 10.0 Å². The van der Waals surface area contributed by atoms with Crippen LogP contribution in [0.4, 0.5) is 5.82 Å². The number of carbonyl (C=O) groups is 2. The van der Waals surface area contributed by atoms with Crippen LogP contribution in [0.5, 0.6) is 0 Å². The van der Waals surface area contributed by atoms with Crippen LogP contribution in [-0.4, -0.2) is 16.7 Å². The van der Waals surface area contributed by atoms with Gasteiger partial charge >= 0.3 is 0 Å². The van der Waals surface area contributed by atoms with Crippen molar-refractivity contribution in [1.29, 1.82) is 0 Å². The first-order chi connectivity index (χ1) is 14.8. The number of pyridine rings is 1. The predicted molar refractivity (Wildman–Crippen MR) is 123 cm³/mol. The number of hydrogen-bond donors (Lipinski definition) is 2. The van der Waals surface area contributed by atoms with Crippen molar-refractivity contribution in [2.24, 2.45) is 5.92 Å². The molecule has 2 aromatic rings. The zero-order valence-corrected chi connectivity index (χ0v) is 19.1. The molecule has 7 heteroatoms. The lowest BCUT2D eigenvalue weighted by Crippen LogP contribution is -2.37. The topological polar surface area (TPSA) is 71.1 Å². The molecule has 1 aromatic heterocycles. The molecule has 5 nitrogen and oxygen atoms in total. The molecule has 2 N–H and O–H groups in total. The van der Waals surface area contributed by atoms with Crippen molar-refractivity contribution in [3.05, 3.63) is 80.2 Å². The Morgan fingerprint density at radius 2 is 1.87 bits per heavy atom. The molecular weight excluding hydrogens is 433 g/mol. The highest BCUT2D eigenvalue weighted by Gasteiger charge is 2.40. The Morgan fingerprint density at radius 3 is 2.61 bits per heavy atom. The van der Waals surface area contributed by atoms with Gasteiger partial charge in [0.25, 0.3) is 5.91 Å². The average Bonchev–Trinajstić information content (AvgIpc) is 2.68. The van der Waals surface area contributed by atoms with Crippen LogP contribution < -0.4 is 10.6 Å². The number of aryl methyl sites for hydroxylation is 1. The number of Topliss-reactive ketones (excluding diaryl/α,β-unsaturated/α-hetero) is 1. The molecule has 0 saturated carbocycles. The Balaban J connectivity index is 1.84. The fourth-order valence-electron chi connectivity index (χ4n) is 4.39. The third-order valence-corrected chi connectivity index (χ3v) is 6.53. The number of amides is 1. The number of rotatable bonds is 3. The molecule has 1 amide bonds. The fraction of sp³-hybridized carbons (Fsp3) is 0.292. The van der Waals surface area contributed by atoms with E-state index < -0.39 is 5.92 Å². The summed E-state index contributed by atoms with van der Waals surface area (Å²) in [6.45, 7) is 5.75. The first-order valence-electron chi connectivity index (χ1n) is 10.2. The van der Waals surface area contributed by atoms with Crippen molar-refractivity contribution in [2.45, 2.75) is 39.5 Å². The molecule has 31 heavy (non-hydrogen) atoms. The van der Waals surface area contributed by atoms with Crippen LogP contribution in [0.15, 0.2) is 58.9 Å². The van der Waals surface area contributed by atoms with Gasteiger partial charge in [-0.1, -0.05) is 48.3 Å². The largest absolute Gasteiger partial charge is 0.362 e. The summed E-state index contributed by atoms with van der Waals surface area (Å²) in [7, 11) is 0. The van der Waals surface area contributed by atoms with Gasteiger partial charge < -0.3 is 10.6 Å². The Hall–Kier alpha value is -2.63. The van der Waals surface area contributed by atoms with Gasteiger partial charge in [-0.3, -0.25) is 9.59 Å². The highest BCUT2D eigenvalue weighted by atomic mass is 35.5. The van der Waals surface area contributed by atoms with Gasteiger partial charge in [0.2, 0.25) is 0 Å². The molecule has 2 atom stereocenters. The van der Waals surface area contributed by atoms with E-state index >= 15 is 0 Å². The maximum atomic E-state index is 13.5. The number of dihydropyridines is 1. The van der Waals surface area contributed by atoms with E-state index in [0.29, 0.717) is 44.7 Å². The quantitative estimate of drug-likeness (QED) is 0.636. The van der Waals surface area contributed by atoms with E-state index in [1.54, 1.807) is 18.2 Å². The normalized spacial score (nSPS) is 21.0. The second kappa shape index (κ2) is 8.48. The second-order valence-electron chi connectivity index (χ2n) is 8.19. The molecule has 160 valence electrons. The third kappa shape index (κ3) is 4.12. The van der Waals surface area contributed by atoms with E-state index in [1.165, 1.54) is 0 Å². The van der Waals surface area contributed by atoms with Crippen molar-refractivity contribution in [3.8, 4) is 0 Å². The highest BCUT2D eigenvalue weighted by Crippen LogP contribution is 2.46. The maximum absolute atomic E-state index is 13.5. The fourth-order valence-corrected chi connectivity index (χ4v) is 4.80. The number of anilines is 1. The van der Waals surface area contributed by atoms with Gasteiger partial charge in [-0.2, -0.15) is 0 Å². The first-order valence-corrected chi connectivity index (χ1v) is 10.9. The monoisotopic (exact) mass is 455 g/mol. The summed E-state index contributed by atoms with van der Waals surface area (Å²) in [6, 6.07) is 10.7. The molecule has 0 radical (unpaired) electrons. The smallest absolute Gasteiger partial charge is 0.255 e. The van der Waals surface area contributed by atoms with E-state index in [0.717, 1.165) is 17.8 Å². The lowest BCUT2D eigenvalue weighted by atomic mass is 9.73. The van der Waals surface area contributed by atoms with Crippen molar-refractivity contribution in [1.82, 2.24) is 10.3 Å². The number of ketones is 1. The standard InChI is InChI=1S/C24H23Cl2N3O2/c1-12-10-17-22(18(30)11-12)21(15-7-5-8-16(25)23(15)26)20(14(3)28-17)24(31)29-19-9-4-6-13(2)27-19/h4-9,12,21,28H,10-11H2,1-3H3,(H,27,29,31). The van der Waals surface area contributed by atoms with E-state index in [2.05, 4.69) is 22.5 Å². The first kappa shape index (κ1) is 21.6. The van der Waals surface area contributed by atoms with E-state index in [9.17, 15) is 9.59 Å². The number of halogens is 2. The van der Waals surface area contributed by atoms with Crippen molar-refractivity contribution in [3.63, 3.8) is 0 Å². The van der Waals surface area contributed by atoms with Crippen LogP contribution in [0.1, 0.15) is 43.9 Å². The van der Waals surface area contributed by atoms with Gasteiger partial charge in [0.15, 0.2) is 5.78 Å². The molecule has 0 fully saturated rings. The summed E-state index contributed by atoms with van der Waals surface area (Å²) in [4.78, 5) is 31.0. The molecule has 1 aliphatic carbocycles. The minimum absolute atomic E-state index is 0.0220. The van der Waals surface area contributed by atoms with Gasteiger partial charge in [0.1, 0.15) is 5.82 Å². The van der Waals surface area contributed by atoms with Gasteiger partial charge in [-0.25, -0.2) is 4.98 Å². The number of aromatic nitrogens is 1. The lowest BCUT2D eigenvalue weighted by molar-refractivity contribution is -0.117. The molecule has 4 rings (SSSR count). The zero-order chi connectivity index (χ0) is 22.3. The number of hydrogen-bond acceptors (Lipinski definition) is 4. The van der Waals surface area contributed by atoms with Crippen LogP contribution in [0.25, 0.3) is 0 Å². The number of carbonyl (C=O) groups excluding carboxylic acids is 2. The SMILES string of the molecule is CC1=C(C(=O)Nc2cccc(C)n2)C(c2cccc(Cl)c2Cl)C2=C(CC(C)CC2=O)N1. The van der Waals surface area contributed by atoms with Crippen LogP contribution in [0.2, 0.25) is 10.0 Å². The number of allylic oxidation sites excluding steroid dienone is 3. The Bertz CT molecular complexity index is 1150. The highest BCUT2D eigenvalue weighted by molar-refractivity contribution is 6.42. The molecule has 2 aliphatic rings. The average molecular weight is 456 g/mol.